The topological polar surface area (TPSA) is 85.1 Å². The van der Waals surface area contributed by atoms with Gasteiger partial charge in [-0.1, -0.05) is 42.5 Å². The van der Waals surface area contributed by atoms with E-state index in [0.29, 0.717) is 38.6 Å². The number of hydrogen-bond acceptors (Lipinski definition) is 5. The summed E-state index contributed by atoms with van der Waals surface area (Å²) in [4.78, 5) is 29.2. The molecule has 2 amide bonds. The number of urea groups is 1. The van der Waals surface area contributed by atoms with Crippen molar-refractivity contribution in [1.29, 1.82) is 0 Å². The molecule has 2 aromatic rings. The van der Waals surface area contributed by atoms with Gasteiger partial charge in [-0.15, -0.1) is 0 Å². The molecule has 3 atom stereocenters. The van der Waals surface area contributed by atoms with Gasteiger partial charge < -0.3 is 25.0 Å². The van der Waals surface area contributed by atoms with Crippen LogP contribution in [0.4, 0.5) is 4.79 Å². The number of piperidine rings is 2. The van der Waals surface area contributed by atoms with E-state index in [2.05, 4.69) is 48.5 Å². The molecule has 0 aromatic heterocycles. The third kappa shape index (κ3) is 5.57. The second-order valence-electron chi connectivity index (χ2n) is 10.3. The van der Waals surface area contributed by atoms with Crippen molar-refractivity contribution in [3.05, 3.63) is 65.7 Å². The minimum atomic E-state index is 0.110. The van der Waals surface area contributed by atoms with Crippen molar-refractivity contribution in [3.8, 4) is 5.75 Å². The number of amides is 2. The number of nitrogens with two attached hydrogens (primary N) is 1. The number of hydrogen-bond donors (Lipinski definition) is 1. The van der Waals surface area contributed by atoms with Crippen molar-refractivity contribution in [2.45, 2.75) is 37.7 Å². The quantitative estimate of drug-likeness (QED) is 0.667. The SMILES string of the molecule is NCCOc1cccc([C@H](c2ccccc2)C2CCN(C(=O)N3CC[C@@H]4OCC(=O)C[C@@H]4C3)CC2)c1. The van der Waals surface area contributed by atoms with Gasteiger partial charge in [-0.05, 0) is 48.4 Å². The van der Waals surface area contributed by atoms with E-state index >= 15 is 0 Å². The molecule has 36 heavy (non-hydrogen) atoms. The highest BCUT2D eigenvalue weighted by Gasteiger charge is 2.39. The summed E-state index contributed by atoms with van der Waals surface area (Å²) >= 11 is 0. The molecule has 0 unspecified atom stereocenters. The van der Waals surface area contributed by atoms with Crippen molar-refractivity contribution in [1.82, 2.24) is 9.80 Å². The zero-order valence-electron chi connectivity index (χ0n) is 20.9. The Labute approximate surface area is 213 Å². The van der Waals surface area contributed by atoms with Crippen LogP contribution in [0.5, 0.6) is 5.75 Å². The lowest BCUT2D eigenvalue weighted by Crippen LogP contribution is -2.54. The molecule has 192 valence electrons. The van der Waals surface area contributed by atoms with Gasteiger partial charge >= 0.3 is 6.03 Å². The molecule has 3 fully saturated rings. The van der Waals surface area contributed by atoms with Crippen molar-refractivity contribution >= 4 is 11.8 Å². The summed E-state index contributed by atoms with van der Waals surface area (Å²) in [5, 5.41) is 0. The predicted octanol–water partition coefficient (Wildman–Crippen LogP) is 3.67. The molecule has 2 N–H and O–H groups in total. The Morgan fingerprint density at radius 1 is 1.00 bits per heavy atom. The highest BCUT2D eigenvalue weighted by molar-refractivity contribution is 5.81. The van der Waals surface area contributed by atoms with Crippen LogP contribution in [0.15, 0.2) is 54.6 Å². The average Bonchev–Trinajstić information content (AvgIpc) is 2.92. The van der Waals surface area contributed by atoms with Gasteiger partial charge in [0, 0.05) is 51.0 Å². The smallest absolute Gasteiger partial charge is 0.320 e. The number of nitrogens with zero attached hydrogens (tertiary/aromatic N) is 2. The Morgan fingerprint density at radius 3 is 2.53 bits per heavy atom. The Balaban J connectivity index is 1.26. The first-order valence-corrected chi connectivity index (χ1v) is 13.3. The molecule has 0 spiro atoms. The summed E-state index contributed by atoms with van der Waals surface area (Å²) in [6.07, 6.45) is 3.36. The Morgan fingerprint density at radius 2 is 1.75 bits per heavy atom. The summed E-state index contributed by atoms with van der Waals surface area (Å²) in [6, 6.07) is 19.1. The standard InChI is InChI=1S/C29H37N3O4/c30-12-16-35-26-8-4-7-23(18-26)28(21-5-2-1-3-6-21)22-9-13-31(14-10-22)29(34)32-15-11-27-24(19-32)17-25(33)20-36-27/h1-8,18,22,24,27-28H,9-17,19-20,30H2/t24-,27+,28-/m1/s1. The van der Waals surface area contributed by atoms with Crippen LogP contribution in [0.3, 0.4) is 0 Å². The molecule has 3 aliphatic rings. The van der Waals surface area contributed by atoms with Gasteiger partial charge in [0.05, 0.1) is 6.10 Å². The van der Waals surface area contributed by atoms with E-state index < -0.39 is 0 Å². The van der Waals surface area contributed by atoms with Crippen molar-refractivity contribution in [3.63, 3.8) is 0 Å². The van der Waals surface area contributed by atoms with Crippen LogP contribution in [0.2, 0.25) is 0 Å². The van der Waals surface area contributed by atoms with Gasteiger partial charge in [0.2, 0.25) is 0 Å². The summed E-state index contributed by atoms with van der Waals surface area (Å²) in [5.41, 5.74) is 8.16. The minimum absolute atomic E-state index is 0.110. The molecule has 0 bridgehead atoms. The highest BCUT2D eigenvalue weighted by Crippen LogP contribution is 2.39. The zero-order chi connectivity index (χ0) is 24.9. The zero-order valence-corrected chi connectivity index (χ0v) is 20.9. The summed E-state index contributed by atoms with van der Waals surface area (Å²) < 4.78 is 11.5. The second kappa shape index (κ2) is 11.4. The van der Waals surface area contributed by atoms with E-state index in [1.54, 1.807) is 0 Å². The van der Waals surface area contributed by atoms with E-state index in [0.717, 1.165) is 38.1 Å². The van der Waals surface area contributed by atoms with Crippen LogP contribution in [0.25, 0.3) is 0 Å². The van der Waals surface area contributed by atoms with Gasteiger partial charge in [0.15, 0.2) is 5.78 Å². The number of fused-ring (bicyclic) bond motifs is 1. The maximum Gasteiger partial charge on any atom is 0.320 e. The van der Waals surface area contributed by atoms with Gasteiger partial charge in [0.25, 0.3) is 0 Å². The average molecular weight is 492 g/mol. The monoisotopic (exact) mass is 491 g/mol. The second-order valence-corrected chi connectivity index (χ2v) is 10.3. The maximum absolute atomic E-state index is 13.4. The molecule has 5 rings (SSSR count). The van der Waals surface area contributed by atoms with E-state index in [4.69, 9.17) is 15.2 Å². The molecule has 3 aliphatic heterocycles. The minimum Gasteiger partial charge on any atom is -0.492 e. The van der Waals surface area contributed by atoms with Crippen LogP contribution >= 0.6 is 0 Å². The highest BCUT2D eigenvalue weighted by atomic mass is 16.5. The predicted molar refractivity (Wildman–Crippen MR) is 138 cm³/mol. The number of rotatable bonds is 6. The summed E-state index contributed by atoms with van der Waals surface area (Å²) in [7, 11) is 0. The van der Waals surface area contributed by atoms with Crippen LogP contribution < -0.4 is 10.5 Å². The van der Waals surface area contributed by atoms with Crippen LogP contribution in [-0.2, 0) is 9.53 Å². The molecule has 3 heterocycles. The van der Waals surface area contributed by atoms with Crippen molar-refractivity contribution < 1.29 is 19.1 Å². The van der Waals surface area contributed by atoms with E-state index in [1.807, 2.05) is 15.9 Å². The van der Waals surface area contributed by atoms with Gasteiger partial charge in [-0.2, -0.15) is 0 Å². The lowest BCUT2D eigenvalue weighted by molar-refractivity contribution is -0.140. The fourth-order valence-corrected chi connectivity index (χ4v) is 6.15. The molecule has 0 radical (unpaired) electrons. The summed E-state index contributed by atoms with van der Waals surface area (Å²) in [6.45, 7) is 4.03. The fraction of sp³-hybridized carbons (Fsp3) is 0.517. The summed E-state index contributed by atoms with van der Waals surface area (Å²) in [5.74, 6) is 1.80. The molecule has 0 aliphatic carbocycles. The van der Waals surface area contributed by atoms with Crippen molar-refractivity contribution in [2.75, 3.05) is 45.9 Å². The number of ketones is 1. The Hall–Kier alpha value is -2.90. The first kappa shape index (κ1) is 24.8. The van der Waals surface area contributed by atoms with Gasteiger partial charge in [-0.25, -0.2) is 4.79 Å². The third-order valence-electron chi connectivity index (χ3n) is 7.93. The molecular weight excluding hydrogens is 454 g/mol. The number of Topliss-reactive ketones (excluding diaryl/α,β-unsaturated/α-hetero) is 1. The van der Waals surface area contributed by atoms with Gasteiger partial charge in [0.1, 0.15) is 19.0 Å². The van der Waals surface area contributed by atoms with Gasteiger partial charge in [-0.3, -0.25) is 4.79 Å². The molecular formula is C29H37N3O4. The van der Waals surface area contributed by atoms with Crippen molar-refractivity contribution in [2.24, 2.45) is 17.6 Å². The number of carbonyl (C=O) groups is 2. The first-order chi connectivity index (χ1) is 17.6. The number of ether oxygens (including phenoxy) is 2. The number of carbonyl (C=O) groups excluding carboxylic acids is 2. The van der Waals surface area contributed by atoms with E-state index in [-0.39, 0.29) is 36.4 Å². The molecule has 7 nitrogen and oxygen atoms in total. The Bertz CT molecular complexity index is 1040. The molecule has 2 aromatic carbocycles. The largest absolute Gasteiger partial charge is 0.492 e. The fourth-order valence-electron chi connectivity index (χ4n) is 6.15. The van der Waals surface area contributed by atoms with E-state index in [1.165, 1.54) is 11.1 Å². The van der Waals surface area contributed by atoms with Crippen LogP contribution in [0.1, 0.15) is 42.7 Å². The van der Waals surface area contributed by atoms with E-state index in [9.17, 15) is 9.59 Å². The number of likely N-dealkylation sites (tertiary alicyclic amines) is 2. The third-order valence-corrected chi connectivity index (χ3v) is 7.93. The molecule has 7 heteroatoms. The lowest BCUT2D eigenvalue weighted by Gasteiger charge is -2.43. The maximum atomic E-state index is 13.4. The van der Waals surface area contributed by atoms with Crippen LogP contribution in [-0.4, -0.2) is 73.7 Å². The molecule has 0 saturated carbocycles. The Kier molecular flexibility index (Phi) is 7.87. The number of benzene rings is 2. The molecule has 3 saturated heterocycles. The first-order valence-electron chi connectivity index (χ1n) is 13.3. The lowest BCUT2D eigenvalue weighted by atomic mass is 9.76. The normalized spacial score (nSPS) is 23.8. The van der Waals surface area contributed by atoms with Crippen LogP contribution in [0, 0.1) is 11.8 Å².